The first-order valence-electron chi connectivity index (χ1n) is 9.50. The van der Waals surface area contributed by atoms with Crippen molar-refractivity contribution in [2.75, 3.05) is 0 Å². The Labute approximate surface area is 183 Å². The Morgan fingerprint density at radius 2 is 1.52 bits per heavy atom. The predicted octanol–water partition coefficient (Wildman–Crippen LogP) is 4.17. The molecule has 1 aliphatic rings. The maximum absolute atomic E-state index is 13.5. The van der Waals surface area contributed by atoms with Crippen molar-refractivity contribution in [2.24, 2.45) is 0 Å². The van der Waals surface area contributed by atoms with Crippen molar-refractivity contribution in [1.29, 1.82) is 0 Å². The number of amides is 1. The van der Waals surface area contributed by atoms with Gasteiger partial charge in [0.05, 0.1) is 21.3 Å². The summed E-state index contributed by atoms with van der Waals surface area (Å²) in [4.78, 5) is 17.7. The maximum atomic E-state index is 13.5. The molecule has 0 spiro atoms. The first-order valence-corrected chi connectivity index (χ1v) is 11.0. The molecular formula is C19H16F7N3O3S. The molecule has 0 saturated heterocycles. The van der Waals surface area contributed by atoms with Crippen molar-refractivity contribution >= 4 is 15.7 Å². The fourth-order valence-corrected chi connectivity index (χ4v) is 5.29. The van der Waals surface area contributed by atoms with Gasteiger partial charge in [0.1, 0.15) is 5.82 Å². The summed E-state index contributed by atoms with van der Waals surface area (Å²) in [5.74, 6) is -3.73. The SMILES string of the molecule is O=C(NC1CCC(S(=O)(=O)c2ccc(F)c(C(F)(F)F)c2)CC1)c1cnc(C(F)(F)F)nc1. The average Bonchev–Trinajstić information content (AvgIpc) is 2.73. The minimum absolute atomic E-state index is 0.00944. The van der Waals surface area contributed by atoms with Crippen molar-refractivity contribution in [1.82, 2.24) is 15.3 Å². The van der Waals surface area contributed by atoms with Gasteiger partial charge in [-0.2, -0.15) is 26.3 Å². The third kappa shape index (κ3) is 5.60. The van der Waals surface area contributed by atoms with E-state index in [4.69, 9.17) is 0 Å². The monoisotopic (exact) mass is 499 g/mol. The van der Waals surface area contributed by atoms with Crippen molar-refractivity contribution in [3.63, 3.8) is 0 Å². The zero-order valence-electron chi connectivity index (χ0n) is 16.5. The molecule has 1 saturated carbocycles. The van der Waals surface area contributed by atoms with Crippen LogP contribution in [0.3, 0.4) is 0 Å². The summed E-state index contributed by atoms with van der Waals surface area (Å²) in [6.07, 6.45) is -8.05. The number of nitrogens with one attached hydrogen (secondary N) is 1. The molecule has 33 heavy (non-hydrogen) atoms. The molecular weight excluding hydrogens is 483 g/mol. The summed E-state index contributed by atoms with van der Waals surface area (Å²) in [6, 6.07) is 0.986. The van der Waals surface area contributed by atoms with Crippen LogP contribution in [0.2, 0.25) is 0 Å². The second-order valence-electron chi connectivity index (χ2n) is 7.42. The van der Waals surface area contributed by atoms with Gasteiger partial charge in [0.2, 0.25) is 5.82 Å². The molecule has 1 fully saturated rings. The van der Waals surface area contributed by atoms with E-state index in [0.29, 0.717) is 18.5 Å². The van der Waals surface area contributed by atoms with E-state index in [1.165, 1.54) is 0 Å². The van der Waals surface area contributed by atoms with Crippen LogP contribution in [-0.2, 0) is 22.2 Å². The van der Waals surface area contributed by atoms with Crippen LogP contribution in [0.1, 0.15) is 47.4 Å². The van der Waals surface area contributed by atoms with Gasteiger partial charge in [-0.15, -0.1) is 0 Å². The minimum atomic E-state index is -5.06. The van der Waals surface area contributed by atoms with Gasteiger partial charge in [0.15, 0.2) is 9.84 Å². The summed E-state index contributed by atoms with van der Waals surface area (Å²) in [5, 5.41) is 1.51. The van der Waals surface area contributed by atoms with Crippen molar-refractivity contribution in [3.05, 3.63) is 53.4 Å². The first kappa shape index (κ1) is 24.9. The van der Waals surface area contributed by atoms with Gasteiger partial charge in [-0.3, -0.25) is 4.79 Å². The molecule has 1 heterocycles. The Bertz CT molecular complexity index is 1120. The highest BCUT2D eigenvalue weighted by molar-refractivity contribution is 7.92. The molecule has 1 aliphatic carbocycles. The highest BCUT2D eigenvalue weighted by Crippen LogP contribution is 2.35. The van der Waals surface area contributed by atoms with Crippen LogP contribution in [0.4, 0.5) is 30.7 Å². The third-order valence-electron chi connectivity index (χ3n) is 5.19. The van der Waals surface area contributed by atoms with E-state index in [0.717, 1.165) is 6.07 Å². The molecule has 3 rings (SSSR count). The van der Waals surface area contributed by atoms with Crippen LogP contribution < -0.4 is 5.32 Å². The Morgan fingerprint density at radius 1 is 0.939 bits per heavy atom. The van der Waals surface area contributed by atoms with E-state index in [1.54, 1.807) is 0 Å². The normalized spacial score (nSPS) is 19.8. The van der Waals surface area contributed by atoms with Gasteiger partial charge >= 0.3 is 12.4 Å². The van der Waals surface area contributed by atoms with Crippen molar-refractivity contribution < 1.29 is 43.9 Å². The number of hydrogen-bond donors (Lipinski definition) is 1. The Balaban J connectivity index is 1.64. The molecule has 0 bridgehead atoms. The Hall–Kier alpha value is -2.77. The van der Waals surface area contributed by atoms with E-state index in [9.17, 15) is 43.9 Å². The number of carbonyl (C=O) groups is 1. The zero-order valence-corrected chi connectivity index (χ0v) is 17.4. The molecule has 180 valence electrons. The largest absolute Gasteiger partial charge is 0.451 e. The van der Waals surface area contributed by atoms with Gasteiger partial charge in [0, 0.05) is 18.4 Å². The lowest BCUT2D eigenvalue weighted by Gasteiger charge is -2.29. The van der Waals surface area contributed by atoms with Crippen LogP contribution in [0.25, 0.3) is 0 Å². The molecule has 1 aromatic carbocycles. The topological polar surface area (TPSA) is 89.0 Å². The van der Waals surface area contributed by atoms with Gasteiger partial charge in [0.25, 0.3) is 5.91 Å². The minimum Gasteiger partial charge on any atom is -0.349 e. The van der Waals surface area contributed by atoms with E-state index in [2.05, 4.69) is 15.3 Å². The molecule has 0 aliphatic heterocycles. The summed E-state index contributed by atoms with van der Waals surface area (Å²) >= 11 is 0. The van der Waals surface area contributed by atoms with Crippen LogP contribution in [-0.4, -0.2) is 35.6 Å². The fraction of sp³-hybridized carbons (Fsp3) is 0.421. The number of benzene rings is 1. The summed E-state index contributed by atoms with van der Waals surface area (Å²) in [7, 11) is -4.19. The molecule has 0 radical (unpaired) electrons. The number of halogens is 7. The smallest absolute Gasteiger partial charge is 0.349 e. The standard InChI is InChI=1S/C19H16F7N3O3S/c20-15-6-5-13(7-14(15)18(21,22)23)33(31,32)12-3-1-11(2-4-12)29-16(30)10-8-27-17(28-9-10)19(24,25)26/h5-9,11-12H,1-4H2,(H,29,30). The number of rotatable bonds is 4. The molecule has 0 atom stereocenters. The zero-order chi connectivity index (χ0) is 24.6. The van der Waals surface area contributed by atoms with Gasteiger partial charge in [-0.25, -0.2) is 22.8 Å². The molecule has 14 heteroatoms. The number of sulfone groups is 1. The van der Waals surface area contributed by atoms with E-state index in [1.807, 2.05) is 0 Å². The van der Waals surface area contributed by atoms with E-state index in [-0.39, 0.29) is 37.3 Å². The first-order chi connectivity index (χ1) is 15.2. The van der Waals surface area contributed by atoms with Crippen LogP contribution in [0.15, 0.2) is 35.5 Å². The second-order valence-corrected chi connectivity index (χ2v) is 9.65. The third-order valence-corrected chi connectivity index (χ3v) is 7.45. The fourth-order valence-electron chi connectivity index (χ4n) is 3.47. The molecule has 1 N–H and O–H groups in total. The Kier molecular flexibility index (Phi) is 6.69. The average molecular weight is 499 g/mol. The predicted molar refractivity (Wildman–Crippen MR) is 99.1 cm³/mol. The quantitative estimate of drug-likeness (QED) is 0.504. The number of carbonyl (C=O) groups excluding carboxylic acids is 1. The van der Waals surface area contributed by atoms with Gasteiger partial charge in [-0.05, 0) is 43.9 Å². The number of aromatic nitrogens is 2. The molecule has 0 unspecified atom stereocenters. The van der Waals surface area contributed by atoms with Gasteiger partial charge in [-0.1, -0.05) is 0 Å². The number of alkyl halides is 6. The molecule has 1 amide bonds. The maximum Gasteiger partial charge on any atom is 0.451 e. The van der Waals surface area contributed by atoms with Crippen LogP contribution in [0, 0.1) is 5.82 Å². The Morgan fingerprint density at radius 3 is 2.03 bits per heavy atom. The summed E-state index contributed by atoms with van der Waals surface area (Å²) in [6.45, 7) is 0. The highest BCUT2D eigenvalue weighted by atomic mass is 32.2. The van der Waals surface area contributed by atoms with Crippen molar-refractivity contribution in [3.8, 4) is 0 Å². The lowest BCUT2D eigenvalue weighted by molar-refractivity contribution is -0.145. The van der Waals surface area contributed by atoms with Crippen molar-refractivity contribution in [2.45, 2.75) is 54.2 Å². The second kappa shape index (κ2) is 8.88. The molecule has 1 aromatic heterocycles. The lowest BCUT2D eigenvalue weighted by atomic mass is 9.95. The highest BCUT2D eigenvalue weighted by Gasteiger charge is 2.38. The summed E-state index contributed by atoms with van der Waals surface area (Å²) < 4.78 is 115. The van der Waals surface area contributed by atoms with Crippen LogP contribution in [0.5, 0.6) is 0 Å². The van der Waals surface area contributed by atoms with E-state index < -0.39 is 61.5 Å². The summed E-state index contributed by atoms with van der Waals surface area (Å²) in [5.41, 5.74) is -1.90. The number of hydrogen-bond acceptors (Lipinski definition) is 5. The number of nitrogens with zero attached hydrogens (tertiary/aromatic N) is 2. The van der Waals surface area contributed by atoms with Crippen LogP contribution >= 0.6 is 0 Å². The van der Waals surface area contributed by atoms with E-state index >= 15 is 0 Å². The molecule has 6 nitrogen and oxygen atoms in total. The molecule has 2 aromatic rings. The van der Waals surface area contributed by atoms with Gasteiger partial charge < -0.3 is 5.32 Å². The lowest BCUT2D eigenvalue weighted by Crippen LogP contribution is -2.40.